The first kappa shape index (κ1) is 12.5. The van der Waals surface area contributed by atoms with Crippen molar-refractivity contribution in [3.05, 3.63) is 39.8 Å². The Balaban J connectivity index is 1.83. The van der Waals surface area contributed by atoms with E-state index < -0.39 is 5.97 Å². The predicted molar refractivity (Wildman–Crippen MR) is 70.6 cm³/mol. The summed E-state index contributed by atoms with van der Waals surface area (Å²) in [6.45, 7) is 2.25. The number of furan rings is 1. The van der Waals surface area contributed by atoms with Gasteiger partial charge in [-0.05, 0) is 35.9 Å². The minimum absolute atomic E-state index is 0.309. The summed E-state index contributed by atoms with van der Waals surface area (Å²) in [5.74, 6) is 0.0260. The lowest BCUT2D eigenvalue weighted by Crippen LogP contribution is -2.04. The van der Waals surface area contributed by atoms with Crippen molar-refractivity contribution in [3.8, 4) is 11.6 Å². The van der Waals surface area contributed by atoms with Crippen LogP contribution >= 0.6 is 11.3 Å². The standard InChI is InChI=1S/C12H10N4O3S/c1-7-8(5-10(20-7)12(17)18)6-16-14-11(13-15-16)9-3-2-4-19-9/h2-5H,6H2,1H3,(H,17,18). The van der Waals surface area contributed by atoms with E-state index >= 15 is 0 Å². The molecular weight excluding hydrogens is 280 g/mol. The Morgan fingerprint density at radius 2 is 2.40 bits per heavy atom. The van der Waals surface area contributed by atoms with Crippen molar-refractivity contribution in [2.24, 2.45) is 0 Å². The van der Waals surface area contributed by atoms with Crippen molar-refractivity contribution in [1.29, 1.82) is 0 Å². The Morgan fingerprint density at radius 1 is 1.55 bits per heavy atom. The van der Waals surface area contributed by atoms with Crippen molar-refractivity contribution < 1.29 is 14.3 Å². The summed E-state index contributed by atoms with van der Waals surface area (Å²) in [5.41, 5.74) is 0.871. The third-order valence-corrected chi connectivity index (χ3v) is 3.82. The summed E-state index contributed by atoms with van der Waals surface area (Å²) in [4.78, 5) is 13.6. The molecule has 8 heteroatoms. The number of tetrazole rings is 1. The number of aromatic nitrogens is 4. The molecule has 1 N–H and O–H groups in total. The Hall–Kier alpha value is -2.48. The van der Waals surface area contributed by atoms with Crippen LogP contribution in [0.5, 0.6) is 0 Å². The number of aryl methyl sites for hydroxylation is 1. The number of nitrogens with zero attached hydrogens (tertiary/aromatic N) is 4. The molecule has 0 spiro atoms. The Labute approximate surface area is 117 Å². The number of hydrogen-bond donors (Lipinski definition) is 1. The van der Waals surface area contributed by atoms with Gasteiger partial charge in [0, 0.05) is 4.88 Å². The minimum atomic E-state index is -0.924. The molecule has 0 radical (unpaired) electrons. The van der Waals surface area contributed by atoms with Crippen LogP contribution in [-0.2, 0) is 6.54 Å². The fourth-order valence-electron chi connectivity index (χ4n) is 1.75. The highest BCUT2D eigenvalue weighted by Gasteiger charge is 2.13. The first-order valence-electron chi connectivity index (χ1n) is 5.78. The average Bonchev–Trinajstić information content (AvgIpc) is 3.11. The van der Waals surface area contributed by atoms with Crippen LogP contribution in [-0.4, -0.2) is 31.3 Å². The zero-order chi connectivity index (χ0) is 14.1. The summed E-state index contributed by atoms with van der Waals surface area (Å²) in [6, 6.07) is 5.14. The van der Waals surface area contributed by atoms with E-state index in [1.165, 1.54) is 22.4 Å². The van der Waals surface area contributed by atoms with Gasteiger partial charge in [0.25, 0.3) is 0 Å². The van der Waals surface area contributed by atoms with Crippen LogP contribution in [0.3, 0.4) is 0 Å². The molecule has 0 saturated carbocycles. The Kier molecular flexibility index (Phi) is 3.07. The molecule has 0 fully saturated rings. The monoisotopic (exact) mass is 290 g/mol. The third kappa shape index (κ3) is 2.32. The Bertz CT molecular complexity index is 745. The van der Waals surface area contributed by atoms with Crippen molar-refractivity contribution >= 4 is 17.3 Å². The third-order valence-electron chi connectivity index (χ3n) is 2.74. The second kappa shape index (κ2) is 4.89. The molecule has 102 valence electrons. The number of carboxylic acid groups (broad SMARTS) is 1. The van der Waals surface area contributed by atoms with Gasteiger partial charge in [0.05, 0.1) is 12.8 Å². The van der Waals surface area contributed by atoms with E-state index in [2.05, 4.69) is 15.4 Å². The molecule has 20 heavy (non-hydrogen) atoms. The van der Waals surface area contributed by atoms with Gasteiger partial charge in [-0.25, -0.2) is 4.79 Å². The van der Waals surface area contributed by atoms with Gasteiger partial charge in [-0.2, -0.15) is 4.80 Å². The summed E-state index contributed by atoms with van der Waals surface area (Å²) < 4.78 is 5.19. The molecule has 3 aromatic heterocycles. The van der Waals surface area contributed by atoms with E-state index in [0.29, 0.717) is 23.0 Å². The molecule has 7 nitrogen and oxygen atoms in total. The highest BCUT2D eigenvalue weighted by atomic mass is 32.1. The molecule has 0 amide bonds. The van der Waals surface area contributed by atoms with E-state index in [-0.39, 0.29) is 0 Å². The topological polar surface area (TPSA) is 94.0 Å². The molecule has 0 aliphatic heterocycles. The zero-order valence-electron chi connectivity index (χ0n) is 10.5. The highest BCUT2D eigenvalue weighted by Crippen LogP contribution is 2.22. The smallest absolute Gasteiger partial charge is 0.345 e. The highest BCUT2D eigenvalue weighted by molar-refractivity contribution is 7.14. The number of thiophene rings is 1. The fraction of sp³-hybridized carbons (Fsp3) is 0.167. The number of carboxylic acids is 1. The first-order chi connectivity index (χ1) is 9.63. The van der Waals surface area contributed by atoms with E-state index in [9.17, 15) is 4.79 Å². The first-order valence-corrected chi connectivity index (χ1v) is 6.59. The van der Waals surface area contributed by atoms with Gasteiger partial charge in [0.15, 0.2) is 5.76 Å². The lowest BCUT2D eigenvalue weighted by atomic mass is 10.2. The maximum Gasteiger partial charge on any atom is 0.345 e. The number of carbonyl (C=O) groups is 1. The lowest BCUT2D eigenvalue weighted by molar-refractivity contribution is 0.0702. The second-order valence-corrected chi connectivity index (χ2v) is 5.37. The molecule has 3 aromatic rings. The van der Waals surface area contributed by atoms with E-state index in [0.717, 1.165) is 10.4 Å². The summed E-state index contributed by atoms with van der Waals surface area (Å²) in [6.07, 6.45) is 1.54. The number of rotatable bonds is 4. The number of aromatic carboxylic acids is 1. The molecule has 0 aromatic carbocycles. The molecule has 3 heterocycles. The van der Waals surface area contributed by atoms with Gasteiger partial charge in [0.2, 0.25) is 5.82 Å². The second-order valence-electron chi connectivity index (χ2n) is 4.12. The molecule has 0 unspecified atom stereocenters. The van der Waals surface area contributed by atoms with Gasteiger partial charge in [-0.15, -0.1) is 21.5 Å². The normalized spacial score (nSPS) is 10.8. The average molecular weight is 290 g/mol. The van der Waals surface area contributed by atoms with Crippen LogP contribution in [0.1, 0.15) is 20.1 Å². The maximum atomic E-state index is 10.9. The molecule has 0 bridgehead atoms. The minimum Gasteiger partial charge on any atom is -0.477 e. The molecule has 0 aliphatic carbocycles. The van der Waals surface area contributed by atoms with Gasteiger partial charge in [-0.1, -0.05) is 0 Å². The molecular formula is C12H10N4O3S. The van der Waals surface area contributed by atoms with Gasteiger partial charge in [0.1, 0.15) is 4.88 Å². The lowest BCUT2D eigenvalue weighted by Gasteiger charge is -1.96. The van der Waals surface area contributed by atoms with Crippen LogP contribution in [0.25, 0.3) is 11.6 Å². The molecule has 0 saturated heterocycles. The van der Waals surface area contributed by atoms with Crippen molar-refractivity contribution in [3.63, 3.8) is 0 Å². The zero-order valence-corrected chi connectivity index (χ0v) is 11.3. The SMILES string of the molecule is Cc1sc(C(=O)O)cc1Cn1nnc(-c2ccco2)n1. The van der Waals surface area contributed by atoms with Gasteiger partial charge < -0.3 is 9.52 Å². The van der Waals surface area contributed by atoms with E-state index in [4.69, 9.17) is 9.52 Å². The van der Waals surface area contributed by atoms with Gasteiger partial charge in [-0.3, -0.25) is 0 Å². The van der Waals surface area contributed by atoms with E-state index in [1.54, 1.807) is 18.2 Å². The fourth-order valence-corrected chi connectivity index (χ4v) is 2.62. The van der Waals surface area contributed by atoms with Crippen LogP contribution in [0.4, 0.5) is 0 Å². The van der Waals surface area contributed by atoms with Crippen LogP contribution in [0.15, 0.2) is 28.9 Å². The quantitative estimate of drug-likeness (QED) is 0.790. The molecule has 0 aliphatic rings. The van der Waals surface area contributed by atoms with Crippen molar-refractivity contribution in [2.75, 3.05) is 0 Å². The summed E-state index contributed by atoms with van der Waals surface area (Å²) >= 11 is 1.24. The van der Waals surface area contributed by atoms with Crippen molar-refractivity contribution in [1.82, 2.24) is 20.2 Å². The summed E-state index contributed by atoms with van der Waals surface area (Å²) in [5, 5.41) is 21.0. The molecule has 3 rings (SSSR count). The van der Waals surface area contributed by atoms with Crippen LogP contribution < -0.4 is 0 Å². The molecule has 0 atom stereocenters. The number of hydrogen-bond acceptors (Lipinski definition) is 6. The van der Waals surface area contributed by atoms with E-state index in [1.807, 2.05) is 6.92 Å². The predicted octanol–water partition coefficient (Wildman–Crippen LogP) is 2.05. The largest absolute Gasteiger partial charge is 0.477 e. The van der Waals surface area contributed by atoms with Crippen molar-refractivity contribution in [2.45, 2.75) is 13.5 Å². The van der Waals surface area contributed by atoms with Crippen LogP contribution in [0, 0.1) is 6.92 Å². The maximum absolute atomic E-state index is 10.9. The van der Waals surface area contributed by atoms with Crippen LogP contribution in [0.2, 0.25) is 0 Å². The van der Waals surface area contributed by atoms with Gasteiger partial charge >= 0.3 is 5.97 Å². The summed E-state index contributed by atoms with van der Waals surface area (Å²) in [7, 11) is 0. The Morgan fingerprint density at radius 3 is 3.05 bits per heavy atom.